The van der Waals surface area contributed by atoms with Gasteiger partial charge in [0.15, 0.2) is 0 Å². The fourth-order valence-corrected chi connectivity index (χ4v) is 1.52. The van der Waals surface area contributed by atoms with Crippen molar-refractivity contribution in [1.82, 2.24) is 0 Å². The zero-order valence-corrected chi connectivity index (χ0v) is 12.1. The van der Waals surface area contributed by atoms with Gasteiger partial charge in [0.2, 0.25) is 5.54 Å². The topological polar surface area (TPSA) is 127 Å². The van der Waals surface area contributed by atoms with Crippen molar-refractivity contribution in [3.63, 3.8) is 0 Å². The van der Waals surface area contributed by atoms with E-state index in [1.54, 1.807) is 20.8 Å². The molecule has 1 atom stereocenters. The molecule has 0 aliphatic rings. The van der Waals surface area contributed by atoms with Crippen molar-refractivity contribution >= 4 is 17.9 Å². The van der Waals surface area contributed by atoms with Crippen LogP contribution < -0.4 is 5.73 Å². The van der Waals surface area contributed by atoms with E-state index < -0.39 is 29.0 Å². The third kappa shape index (κ3) is 6.51. The van der Waals surface area contributed by atoms with E-state index in [1.165, 1.54) is 0 Å². The van der Waals surface area contributed by atoms with Crippen LogP contribution in [-0.2, 0) is 19.1 Å². The Morgan fingerprint density at radius 1 is 1.05 bits per heavy atom. The number of hydrogen-bond donors (Lipinski definition) is 3. The molecule has 0 heterocycles. The molecule has 0 saturated carbocycles. The minimum Gasteiger partial charge on any atom is -0.481 e. The van der Waals surface area contributed by atoms with Crippen LogP contribution in [0.25, 0.3) is 0 Å². The number of hydrogen-bond acceptors (Lipinski definition) is 5. The number of aliphatic carboxylic acids is 2. The third-order valence-electron chi connectivity index (χ3n) is 2.61. The van der Waals surface area contributed by atoms with E-state index >= 15 is 0 Å². The third-order valence-corrected chi connectivity index (χ3v) is 2.61. The number of esters is 1. The number of unbranched alkanes of at least 4 members (excludes halogenated alkanes) is 2. The van der Waals surface area contributed by atoms with Crippen LogP contribution in [0.3, 0.4) is 0 Å². The maximum Gasteiger partial charge on any atom is 0.338 e. The van der Waals surface area contributed by atoms with Gasteiger partial charge in [-0.25, -0.2) is 9.59 Å². The second-order valence-electron chi connectivity index (χ2n) is 5.73. The lowest BCUT2D eigenvalue weighted by atomic mass is 9.93. The van der Waals surface area contributed by atoms with Gasteiger partial charge in [0.05, 0.1) is 0 Å². The minimum absolute atomic E-state index is 0.0110. The van der Waals surface area contributed by atoms with Gasteiger partial charge in [0.1, 0.15) is 5.60 Å². The summed E-state index contributed by atoms with van der Waals surface area (Å²) in [7, 11) is 0. The van der Waals surface area contributed by atoms with Gasteiger partial charge in [-0.1, -0.05) is 12.8 Å². The second kappa shape index (κ2) is 7.23. The Labute approximate surface area is 118 Å². The zero-order valence-electron chi connectivity index (χ0n) is 12.1. The summed E-state index contributed by atoms with van der Waals surface area (Å²) in [6, 6.07) is 0. The van der Waals surface area contributed by atoms with Crippen LogP contribution in [0.5, 0.6) is 0 Å². The van der Waals surface area contributed by atoms with Gasteiger partial charge in [0, 0.05) is 6.42 Å². The number of ether oxygens (including phenoxy) is 1. The van der Waals surface area contributed by atoms with Crippen LogP contribution >= 0.6 is 0 Å². The molecule has 0 amide bonds. The zero-order chi connectivity index (χ0) is 16.0. The maximum atomic E-state index is 11.9. The summed E-state index contributed by atoms with van der Waals surface area (Å²) in [4.78, 5) is 33.4. The Kier molecular flexibility index (Phi) is 6.64. The summed E-state index contributed by atoms with van der Waals surface area (Å²) in [6.07, 6.45) is 1.17. The Morgan fingerprint density at radius 2 is 1.60 bits per heavy atom. The summed E-state index contributed by atoms with van der Waals surface area (Å²) >= 11 is 0. The Bertz CT molecular complexity index is 374. The average molecular weight is 289 g/mol. The maximum absolute atomic E-state index is 11.9. The van der Waals surface area contributed by atoms with Crippen LogP contribution in [0.4, 0.5) is 0 Å². The number of rotatable bonds is 8. The summed E-state index contributed by atoms with van der Waals surface area (Å²) in [5.74, 6) is -3.32. The van der Waals surface area contributed by atoms with E-state index in [2.05, 4.69) is 0 Å². The molecule has 0 rings (SSSR count). The predicted molar refractivity (Wildman–Crippen MR) is 71.1 cm³/mol. The second-order valence-corrected chi connectivity index (χ2v) is 5.73. The Hall–Kier alpha value is -1.63. The normalized spacial score (nSPS) is 14.4. The van der Waals surface area contributed by atoms with Crippen molar-refractivity contribution in [2.45, 2.75) is 64.0 Å². The first kappa shape index (κ1) is 18.4. The van der Waals surface area contributed by atoms with Crippen LogP contribution in [0.1, 0.15) is 52.9 Å². The molecule has 7 nitrogen and oxygen atoms in total. The molecular weight excluding hydrogens is 266 g/mol. The molecular formula is C13H23NO6. The van der Waals surface area contributed by atoms with Crippen molar-refractivity contribution < 1.29 is 29.3 Å². The minimum atomic E-state index is -2.09. The summed E-state index contributed by atoms with van der Waals surface area (Å²) in [5, 5.41) is 17.6. The van der Waals surface area contributed by atoms with Crippen LogP contribution in [-0.4, -0.2) is 39.3 Å². The van der Waals surface area contributed by atoms with E-state index in [9.17, 15) is 14.4 Å². The molecule has 0 bridgehead atoms. The van der Waals surface area contributed by atoms with E-state index in [1.807, 2.05) is 0 Å². The van der Waals surface area contributed by atoms with E-state index in [0.717, 1.165) is 0 Å². The first-order valence-electron chi connectivity index (χ1n) is 6.46. The van der Waals surface area contributed by atoms with Gasteiger partial charge in [-0.15, -0.1) is 0 Å². The molecule has 7 heteroatoms. The molecule has 0 aromatic rings. The van der Waals surface area contributed by atoms with Gasteiger partial charge < -0.3 is 20.7 Å². The molecule has 0 aliphatic carbocycles. The quantitative estimate of drug-likeness (QED) is 0.347. The highest BCUT2D eigenvalue weighted by Crippen LogP contribution is 2.19. The smallest absolute Gasteiger partial charge is 0.338 e. The van der Waals surface area contributed by atoms with Crippen molar-refractivity contribution in [1.29, 1.82) is 0 Å². The summed E-state index contributed by atoms with van der Waals surface area (Å²) in [6.45, 7) is 4.88. The monoisotopic (exact) mass is 289 g/mol. The molecule has 0 saturated heterocycles. The number of carboxylic acids is 2. The molecule has 116 valence electrons. The number of carboxylic acid groups (broad SMARTS) is 2. The van der Waals surface area contributed by atoms with Gasteiger partial charge >= 0.3 is 17.9 Å². The molecule has 0 fully saturated rings. The van der Waals surface area contributed by atoms with Gasteiger partial charge in [-0.3, -0.25) is 4.79 Å². The molecule has 20 heavy (non-hydrogen) atoms. The van der Waals surface area contributed by atoms with Gasteiger partial charge in [0.25, 0.3) is 0 Å². The average Bonchev–Trinajstić information content (AvgIpc) is 2.24. The van der Waals surface area contributed by atoms with Crippen LogP contribution in [0.2, 0.25) is 0 Å². The number of carbonyl (C=O) groups is 3. The lowest BCUT2D eigenvalue weighted by Crippen LogP contribution is -2.57. The first-order valence-corrected chi connectivity index (χ1v) is 6.46. The van der Waals surface area contributed by atoms with Crippen molar-refractivity contribution in [3.8, 4) is 0 Å². The summed E-state index contributed by atoms with van der Waals surface area (Å²) in [5.41, 5.74) is 2.74. The van der Waals surface area contributed by atoms with Gasteiger partial charge in [-0.05, 0) is 33.6 Å². The fourth-order valence-electron chi connectivity index (χ4n) is 1.52. The fraction of sp³-hybridized carbons (Fsp3) is 0.769. The molecule has 0 spiro atoms. The van der Waals surface area contributed by atoms with Crippen molar-refractivity contribution in [2.75, 3.05) is 0 Å². The first-order chi connectivity index (χ1) is 8.99. The van der Waals surface area contributed by atoms with Crippen molar-refractivity contribution in [2.24, 2.45) is 5.73 Å². The molecule has 1 unspecified atom stereocenters. The van der Waals surface area contributed by atoms with Crippen LogP contribution in [0.15, 0.2) is 0 Å². The molecule has 0 radical (unpaired) electrons. The Morgan fingerprint density at radius 3 is 2.00 bits per heavy atom. The largest absolute Gasteiger partial charge is 0.481 e. The standard InChI is InChI=1S/C13H23NO6/c1-12(2,3)20-11(19)13(14,10(17)18)8-6-4-5-7-9(15)16/h4-8,14H2,1-3H3,(H,15,16)(H,17,18). The molecule has 4 N–H and O–H groups in total. The SMILES string of the molecule is CC(C)(C)OC(=O)C(N)(CCCCCC(=O)O)C(=O)O. The lowest BCUT2D eigenvalue weighted by molar-refractivity contribution is -0.169. The number of carbonyl (C=O) groups excluding carboxylic acids is 1. The van der Waals surface area contributed by atoms with E-state index in [4.69, 9.17) is 20.7 Å². The highest BCUT2D eigenvalue weighted by atomic mass is 16.6. The number of nitrogens with two attached hydrogens (primary N) is 1. The van der Waals surface area contributed by atoms with E-state index in [0.29, 0.717) is 19.3 Å². The predicted octanol–water partition coefficient (Wildman–Crippen LogP) is 1.15. The highest BCUT2D eigenvalue weighted by molar-refractivity contribution is 6.03. The summed E-state index contributed by atoms with van der Waals surface area (Å²) < 4.78 is 5.02. The van der Waals surface area contributed by atoms with Crippen LogP contribution in [0, 0.1) is 0 Å². The Balaban J connectivity index is 4.50. The molecule has 0 aromatic carbocycles. The highest BCUT2D eigenvalue weighted by Gasteiger charge is 2.44. The molecule has 0 aliphatic heterocycles. The van der Waals surface area contributed by atoms with E-state index in [-0.39, 0.29) is 12.8 Å². The lowest BCUT2D eigenvalue weighted by Gasteiger charge is -2.28. The van der Waals surface area contributed by atoms with Crippen molar-refractivity contribution in [3.05, 3.63) is 0 Å². The molecule has 0 aromatic heterocycles. The van der Waals surface area contributed by atoms with Gasteiger partial charge in [-0.2, -0.15) is 0 Å².